The number of nitrogens with one attached hydrogen (secondary N) is 1. The average Bonchev–Trinajstić information content (AvgIpc) is 2.85. The van der Waals surface area contributed by atoms with Crippen molar-refractivity contribution in [3.8, 4) is 0 Å². The van der Waals surface area contributed by atoms with E-state index in [0.717, 1.165) is 11.1 Å². The first kappa shape index (κ1) is 14.0. The normalized spacial score (nSPS) is 11.8. The third-order valence-electron chi connectivity index (χ3n) is 2.91. The van der Waals surface area contributed by atoms with Gasteiger partial charge in [-0.25, -0.2) is 0 Å². The zero-order chi connectivity index (χ0) is 14.5. The van der Waals surface area contributed by atoms with Gasteiger partial charge in [0, 0.05) is 19.0 Å². The minimum absolute atomic E-state index is 0.106. The molecule has 0 aliphatic heterocycles. The molecule has 0 saturated carbocycles. The Hall–Kier alpha value is -2.41. The second-order valence-electron chi connectivity index (χ2n) is 4.46. The zero-order valence-corrected chi connectivity index (χ0v) is 11.4. The van der Waals surface area contributed by atoms with Gasteiger partial charge in [0.15, 0.2) is 11.7 Å². The van der Waals surface area contributed by atoms with Crippen molar-refractivity contribution in [2.75, 3.05) is 0 Å². The average molecular weight is 275 g/mol. The molecular formula is C13H17N5O2. The van der Waals surface area contributed by atoms with Crippen molar-refractivity contribution >= 4 is 5.84 Å². The van der Waals surface area contributed by atoms with Gasteiger partial charge in [-0.05, 0) is 24.1 Å². The van der Waals surface area contributed by atoms with Gasteiger partial charge in [-0.1, -0.05) is 22.4 Å². The number of hydrogen-bond acceptors (Lipinski definition) is 6. The summed E-state index contributed by atoms with van der Waals surface area (Å²) < 4.78 is 4.89. The molecule has 0 unspecified atom stereocenters. The van der Waals surface area contributed by atoms with Crippen LogP contribution in [0.2, 0.25) is 0 Å². The molecule has 20 heavy (non-hydrogen) atoms. The number of amidine groups is 1. The van der Waals surface area contributed by atoms with Gasteiger partial charge in [-0.2, -0.15) is 4.98 Å². The highest BCUT2D eigenvalue weighted by atomic mass is 16.5. The molecule has 1 aromatic heterocycles. The predicted molar refractivity (Wildman–Crippen MR) is 73.3 cm³/mol. The van der Waals surface area contributed by atoms with Crippen molar-refractivity contribution < 1.29 is 9.73 Å². The van der Waals surface area contributed by atoms with E-state index in [9.17, 15) is 0 Å². The molecule has 1 aromatic carbocycles. The van der Waals surface area contributed by atoms with E-state index in [1.165, 1.54) is 0 Å². The van der Waals surface area contributed by atoms with Crippen molar-refractivity contribution in [2.24, 2.45) is 10.9 Å². The van der Waals surface area contributed by atoms with Crippen LogP contribution >= 0.6 is 0 Å². The van der Waals surface area contributed by atoms with Crippen LogP contribution in [-0.4, -0.2) is 21.2 Å². The summed E-state index contributed by atoms with van der Waals surface area (Å²) in [6, 6.07) is 5.64. The van der Waals surface area contributed by atoms with Crippen molar-refractivity contribution in [3.63, 3.8) is 0 Å². The molecule has 0 amide bonds. The summed E-state index contributed by atoms with van der Waals surface area (Å²) in [4.78, 5) is 4.11. The minimum atomic E-state index is 0.106. The standard InChI is InChI=1S/C13H17N5O2/c1-8-5-10(13(14)17-19)3-4-11(8)6-15-7-12-16-9(2)20-18-12/h3-5,15,19H,6-7H2,1-2H3,(H2,14,17). The number of aryl methyl sites for hydroxylation is 2. The molecule has 0 aliphatic rings. The first-order chi connectivity index (χ1) is 9.60. The Morgan fingerprint density at radius 2 is 2.20 bits per heavy atom. The molecular weight excluding hydrogens is 258 g/mol. The summed E-state index contributed by atoms with van der Waals surface area (Å²) in [5.74, 6) is 1.30. The lowest BCUT2D eigenvalue weighted by Crippen LogP contribution is -2.16. The predicted octanol–water partition coefficient (Wildman–Crippen LogP) is 1.07. The summed E-state index contributed by atoms with van der Waals surface area (Å²) in [6.45, 7) is 4.95. The van der Waals surface area contributed by atoms with E-state index in [2.05, 4.69) is 20.6 Å². The lowest BCUT2D eigenvalue weighted by Gasteiger charge is -2.08. The monoisotopic (exact) mass is 275 g/mol. The summed E-state index contributed by atoms with van der Waals surface area (Å²) in [7, 11) is 0. The molecule has 2 aromatic rings. The van der Waals surface area contributed by atoms with Crippen LogP contribution in [0.4, 0.5) is 0 Å². The lowest BCUT2D eigenvalue weighted by molar-refractivity contribution is 0.318. The maximum Gasteiger partial charge on any atom is 0.223 e. The fourth-order valence-corrected chi connectivity index (χ4v) is 1.83. The van der Waals surface area contributed by atoms with E-state index >= 15 is 0 Å². The van der Waals surface area contributed by atoms with E-state index in [-0.39, 0.29) is 5.84 Å². The van der Waals surface area contributed by atoms with Gasteiger partial charge in [0.25, 0.3) is 0 Å². The van der Waals surface area contributed by atoms with Crippen LogP contribution in [-0.2, 0) is 13.1 Å². The van der Waals surface area contributed by atoms with Gasteiger partial charge in [0.1, 0.15) is 0 Å². The lowest BCUT2D eigenvalue weighted by atomic mass is 10.0. The van der Waals surface area contributed by atoms with Crippen LogP contribution in [0.15, 0.2) is 27.9 Å². The number of nitrogens with zero attached hydrogens (tertiary/aromatic N) is 3. The fraction of sp³-hybridized carbons (Fsp3) is 0.308. The Balaban J connectivity index is 1.96. The van der Waals surface area contributed by atoms with E-state index < -0.39 is 0 Å². The molecule has 106 valence electrons. The first-order valence-electron chi connectivity index (χ1n) is 6.17. The maximum absolute atomic E-state index is 8.65. The summed E-state index contributed by atoms with van der Waals surface area (Å²) in [5, 5.41) is 18.7. The Labute approximate surface area is 116 Å². The number of rotatable bonds is 5. The molecule has 2 rings (SSSR count). The highest BCUT2D eigenvalue weighted by molar-refractivity contribution is 5.97. The Kier molecular flexibility index (Phi) is 4.31. The number of oxime groups is 1. The topological polar surface area (TPSA) is 110 Å². The van der Waals surface area contributed by atoms with Crippen LogP contribution in [0.5, 0.6) is 0 Å². The van der Waals surface area contributed by atoms with E-state index in [1.54, 1.807) is 6.92 Å². The van der Waals surface area contributed by atoms with Crippen molar-refractivity contribution in [1.82, 2.24) is 15.5 Å². The number of benzene rings is 1. The maximum atomic E-state index is 8.65. The van der Waals surface area contributed by atoms with Crippen molar-refractivity contribution in [2.45, 2.75) is 26.9 Å². The molecule has 7 heteroatoms. The molecule has 0 aliphatic carbocycles. The van der Waals surface area contributed by atoms with Crippen LogP contribution in [0.25, 0.3) is 0 Å². The highest BCUT2D eigenvalue weighted by Gasteiger charge is 2.05. The second-order valence-corrected chi connectivity index (χ2v) is 4.46. The second kappa shape index (κ2) is 6.16. The zero-order valence-electron chi connectivity index (χ0n) is 11.4. The molecule has 0 bridgehead atoms. The van der Waals surface area contributed by atoms with Gasteiger partial charge >= 0.3 is 0 Å². The summed E-state index contributed by atoms with van der Waals surface area (Å²) in [5.41, 5.74) is 8.43. The van der Waals surface area contributed by atoms with E-state index in [4.69, 9.17) is 15.5 Å². The van der Waals surface area contributed by atoms with Gasteiger partial charge in [0.05, 0.1) is 6.54 Å². The molecule has 0 fully saturated rings. The van der Waals surface area contributed by atoms with Crippen molar-refractivity contribution in [1.29, 1.82) is 0 Å². The van der Waals surface area contributed by atoms with E-state index in [0.29, 0.717) is 30.4 Å². The van der Waals surface area contributed by atoms with Gasteiger partial charge in [-0.3, -0.25) is 0 Å². The molecule has 0 spiro atoms. The third-order valence-corrected chi connectivity index (χ3v) is 2.91. The smallest absolute Gasteiger partial charge is 0.223 e. The number of hydrogen-bond donors (Lipinski definition) is 3. The molecule has 1 heterocycles. The molecule has 0 atom stereocenters. The molecule has 0 saturated heterocycles. The SMILES string of the molecule is Cc1nc(CNCc2ccc(/C(N)=N/O)cc2C)no1. The van der Waals surface area contributed by atoms with Crippen LogP contribution in [0.1, 0.15) is 28.4 Å². The Morgan fingerprint density at radius 3 is 2.80 bits per heavy atom. The largest absolute Gasteiger partial charge is 0.409 e. The van der Waals surface area contributed by atoms with Gasteiger partial charge < -0.3 is 20.8 Å². The highest BCUT2D eigenvalue weighted by Crippen LogP contribution is 2.11. The number of nitrogens with two attached hydrogens (primary N) is 1. The Morgan fingerprint density at radius 1 is 1.40 bits per heavy atom. The van der Waals surface area contributed by atoms with Crippen LogP contribution < -0.4 is 11.1 Å². The van der Waals surface area contributed by atoms with E-state index in [1.807, 2.05) is 25.1 Å². The third kappa shape index (κ3) is 3.33. The Bertz CT molecular complexity index is 621. The van der Waals surface area contributed by atoms with Gasteiger partial charge in [-0.15, -0.1) is 0 Å². The fourth-order valence-electron chi connectivity index (χ4n) is 1.83. The summed E-state index contributed by atoms with van der Waals surface area (Å²) in [6.07, 6.45) is 0. The number of aromatic nitrogens is 2. The quantitative estimate of drug-likeness (QED) is 0.326. The molecule has 7 nitrogen and oxygen atoms in total. The summed E-state index contributed by atoms with van der Waals surface area (Å²) >= 11 is 0. The molecule has 0 radical (unpaired) electrons. The van der Waals surface area contributed by atoms with Crippen LogP contribution in [0, 0.1) is 13.8 Å². The minimum Gasteiger partial charge on any atom is -0.409 e. The molecule has 4 N–H and O–H groups in total. The van der Waals surface area contributed by atoms with Gasteiger partial charge in [0.2, 0.25) is 5.89 Å². The van der Waals surface area contributed by atoms with Crippen molar-refractivity contribution in [3.05, 3.63) is 46.6 Å². The van der Waals surface area contributed by atoms with Crippen LogP contribution in [0.3, 0.4) is 0 Å². The first-order valence-corrected chi connectivity index (χ1v) is 6.17.